The second-order valence-electron chi connectivity index (χ2n) is 3.77. The van der Waals surface area contributed by atoms with Crippen molar-refractivity contribution < 1.29 is 8.42 Å². The van der Waals surface area contributed by atoms with E-state index in [1.807, 2.05) is 6.92 Å². The topological polar surface area (TPSA) is 46.2 Å². The zero-order valence-corrected chi connectivity index (χ0v) is 10.4. The first-order chi connectivity index (χ1) is 6.52. The van der Waals surface area contributed by atoms with Gasteiger partial charge in [-0.1, -0.05) is 32.6 Å². The van der Waals surface area contributed by atoms with Gasteiger partial charge in [0.15, 0.2) is 0 Å². The van der Waals surface area contributed by atoms with Crippen LogP contribution < -0.4 is 4.72 Å². The molecule has 0 aromatic rings. The van der Waals surface area contributed by atoms with E-state index in [1.165, 1.54) is 19.3 Å². The molecule has 86 valence electrons. The summed E-state index contributed by atoms with van der Waals surface area (Å²) in [5.41, 5.74) is 0. The number of unbranched alkanes of at least 4 members (excludes halogenated alkanes) is 3. The molecule has 0 aliphatic rings. The Bertz CT molecular complexity index is 224. The summed E-state index contributed by atoms with van der Waals surface area (Å²) in [7, 11) is -3.01. The van der Waals surface area contributed by atoms with Gasteiger partial charge in [0.1, 0.15) is 0 Å². The van der Waals surface area contributed by atoms with E-state index >= 15 is 0 Å². The van der Waals surface area contributed by atoms with Gasteiger partial charge < -0.3 is 0 Å². The number of hydrogen-bond acceptors (Lipinski definition) is 2. The Hall–Kier alpha value is -0.0900. The molecule has 0 saturated heterocycles. The van der Waals surface area contributed by atoms with E-state index in [0.29, 0.717) is 0 Å². The average Bonchev–Trinajstić information content (AvgIpc) is 2.12. The van der Waals surface area contributed by atoms with Crippen LogP contribution in [0.15, 0.2) is 0 Å². The lowest BCUT2D eigenvalue weighted by Crippen LogP contribution is -2.33. The Morgan fingerprint density at radius 2 is 1.79 bits per heavy atom. The summed E-state index contributed by atoms with van der Waals surface area (Å²) in [5, 5.41) is 0. The maximum absolute atomic E-state index is 11.2. The monoisotopic (exact) mass is 221 g/mol. The summed E-state index contributed by atoms with van der Waals surface area (Å²) in [4.78, 5) is 0. The Morgan fingerprint density at radius 3 is 2.29 bits per heavy atom. The molecule has 0 aliphatic heterocycles. The highest BCUT2D eigenvalue weighted by atomic mass is 32.2. The number of hydrogen-bond donors (Lipinski definition) is 1. The third-order valence-electron chi connectivity index (χ3n) is 2.25. The number of rotatable bonds is 8. The zero-order valence-electron chi connectivity index (χ0n) is 9.54. The number of sulfonamides is 1. The molecule has 0 saturated carbocycles. The first kappa shape index (κ1) is 13.9. The van der Waals surface area contributed by atoms with E-state index in [-0.39, 0.29) is 11.8 Å². The largest absolute Gasteiger partial charge is 0.212 e. The van der Waals surface area contributed by atoms with Crippen LogP contribution in [0.2, 0.25) is 0 Å². The van der Waals surface area contributed by atoms with Gasteiger partial charge in [0.05, 0.1) is 5.75 Å². The normalized spacial score (nSPS) is 14.2. The summed E-state index contributed by atoms with van der Waals surface area (Å²) in [6.45, 7) is 5.76. The van der Waals surface area contributed by atoms with Crippen LogP contribution >= 0.6 is 0 Å². The Morgan fingerprint density at radius 1 is 1.14 bits per heavy atom. The minimum atomic E-state index is -3.01. The Labute approximate surface area is 88.3 Å². The molecule has 14 heavy (non-hydrogen) atoms. The van der Waals surface area contributed by atoms with E-state index in [2.05, 4.69) is 11.6 Å². The van der Waals surface area contributed by atoms with Crippen LogP contribution in [-0.2, 0) is 10.0 Å². The van der Waals surface area contributed by atoms with Crippen molar-refractivity contribution in [1.82, 2.24) is 4.72 Å². The molecule has 0 spiro atoms. The van der Waals surface area contributed by atoms with Gasteiger partial charge in [-0.2, -0.15) is 0 Å². The van der Waals surface area contributed by atoms with Crippen molar-refractivity contribution in [2.75, 3.05) is 5.75 Å². The highest BCUT2D eigenvalue weighted by Gasteiger charge is 2.10. The minimum absolute atomic E-state index is 0.0804. The molecule has 1 N–H and O–H groups in total. The van der Waals surface area contributed by atoms with Crippen LogP contribution in [-0.4, -0.2) is 20.2 Å². The fraction of sp³-hybridized carbons (Fsp3) is 1.00. The molecule has 0 bridgehead atoms. The first-order valence-electron chi connectivity index (χ1n) is 5.51. The van der Waals surface area contributed by atoms with E-state index in [1.54, 1.807) is 6.92 Å². The van der Waals surface area contributed by atoms with Gasteiger partial charge >= 0.3 is 0 Å². The van der Waals surface area contributed by atoms with Gasteiger partial charge in [0.2, 0.25) is 10.0 Å². The van der Waals surface area contributed by atoms with Crippen molar-refractivity contribution in [3.8, 4) is 0 Å². The smallest absolute Gasteiger partial charge is 0.211 e. The van der Waals surface area contributed by atoms with Gasteiger partial charge in [-0.3, -0.25) is 0 Å². The lowest BCUT2D eigenvalue weighted by molar-refractivity contribution is 0.522. The van der Waals surface area contributed by atoms with Crippen LogP contribution in [0.3, 0.4) is 0 Å². The molecule has 0 aromatic carbocycles. The van der Waals surface area contributed by atoms with Crippen LogP contribution in [0, 0.1) is 0 Å². The van der Waals surface area contributed by atoms with Gasteiger partial charge in [-0.05, 0) is 20.3 Å². The van der Waals surface area contributed by atoms with Gasteiger partial charge in [0, 0.05) is 6.04 Å². The standard InChI is InChI=1S/C10H23NO2S/c1-4-6-7-8-9-10(3)11-14(12,13)5-2/h10-11H,4-9H2,1-3H3. The van der Waals surface area contributed by atoms with Crippen molar-refractivity contribution in [2.24, 2.45) is 0 Å². The average molecular weight is 221 g/mol. The van der Waals surface area contributed by atoms with Crippen molar-refractivity contribution in [2.45, 2.75) is 58.9 Å². The van der Waals surface area contributed by atoms with Gasteiger partial charge in [0.25, 0.3) is 0 Å². The van der Waals surface area contributed by atoms with Gasteiger partial charge in [-0.25, -0.2) is 13.1 Å². The van der Waals surface area contributed by atoms with Crippen molar-refractivity contribution >= 4 is 10.0 Å². The van der Waals surface area contributed by atoms with Crippen LogP contribution in [0.4, 0.5) is 0 Å². The molecule has 0 aromatic heterocycles. The Balaban J connectivity index is 3.60. The minimum Gasteiger partial charge on any atom is -0.212 e. The van der Waals surface area contributed by atoms with Crippen molar-refractivity contribution in [3.63, 3.8) is 0 Å². The van der Waals surface area contributed by atoms with E-state index in [4.69, 9.17) is 0 Å². The predicted octanol–water partition coefficient (Wildman–Crippen LogP) is 2.28. The van der Waals surface area contributed by atoms with Crippen molar-refractivity contribution in [3.05, 3.63) is 0 Å². The molecule has 3 nitrogen and oxygen atoms in total. The zero-order chi connectivity index (χ0) is 11.0. The molecule has 0 heterocycles. The maximum atomic E-state index is 11.2. The van der Waals surface area contributed by atoms with Crippen LogP contribution in [0.5, 0.6) is 0 Å². The molecule has 0 aliphatic carbocycles. The first-order valence-corrected chi connectivity index (χ1v) is 7.17. The van der Waals surface area contributed by atoms with Crippen LogP contribution in [0.25, 0.3) is 0 Å². The lowest BCUT2D eigenvalue weighted by atomic mass is 10.1. The molecule has 1 unspecified atom stereocenters. The quantitative estimate of drug-likeness (QED) is 0.639. The molecule has 0 radical (unpaired) electrons. The maximum Gasteiger partial charge on any atom is 0.211 e. The highest BCUT2D eigenvalue weighted by molar-refractivity contribution is 7.89. The predicted molar refractivity (Wildman–Crippen MR) is 60.8 cm³/mol. The van der Waals surface area contributed by atoms with Gasteiger partial charge in [-0.15, -0.1) is 0 Å². The summed E-state index contributed by atoms with van der Waals surface area (Å²) in [5.74, 6) is 0.173. The number of nitrogens with one attached hydrogen (secondary N) is 1. The summed E-state index contributed by atoms with van der Waals surface area (Å²) in [6, 6.07) is 0.0804. The molecule has 0 fully saturated rings. The molecule has 0 rings (SSSR count). The third kappa shape index (κ3) is 7.33. The SMILES string of the molecule is CCCCCCC(C)NS(=O)(=O)CC. The molecule has 1 atom stereocenters. The molecular formula is C10H23NO2S. The summed E-state index contributed by atoms with van der Waals surface area (Å²) in [6.07, 6.45) is 5.72. The second kappa shape index (κ2) is 7.23. The lowest BCUT2D eigenvalue weighted by Gasteiger charge is -2.12. The fourth-order valence-electron chi connectivity index (χ4n) is 1.33. The van der Waals surface area contributed by atoms with E-state index in [0.717, 1.165) is 12.8 Å². The van der Waals surface area contributed by atoms with E-state index < -0.39 is 10.0 Å². The third-order valence-corrected chi connectivity index (χ3v) is 3.77. The molecular weight excluding hydrogens is 198 g/mol. The second-order valence-corrected chi connectivity index (χ2v) is 5.81. The van der Waals surface area contributed by atoms with Crippen molar-refractivity contribution in [1.29, 1.82) is 0 Å². The fourth-order valence-corrected chi connectivity index (χ4v) is 2.22. The van der Waals surface area contributed by atoms with Crippen LogP contribution in [0.1, 0.15) is 52.9 Å². The summed E-state index contributed by atoms with van der Waals surface area (Å²) < 4.78 is 25.0. The molecule has 0 amide bonds. The summed E-state index contributed by atoms with van der Waals surface area (Å²) >= 11 is 0. The van der Waals surface area contributed by atoms with E-state index in [9.17, 15) is 8.42 Å². The highest BCUT2D eigenvalue weighted by Crippen LogP contribution is 2.05. The Kier molecular flexibility index (Phi) is 7.19. The molecule has 4 heteroatoms.